The zero-order valence-electron chi connectivity index (χ0n) is 10.6. The Morgan fingerprint density at radius 1 is 1.00 bits per heavy atom. The van der Waals surface area contributed by atoms with Gasteiger partial charge in [0, 0.05) is 22.6 Å². The zero-order chi connectivity index (χ0) is 12.8. The van der Waals surface area contributed by atoms with Crippen LogP contribution in [-0.4, -0.2) is 6.61 Å². The van der Waals surface area contributed by atoms with Crippen LogP contribution in [0.4, 0.5) is 0 Å². The van der Waals surface area contributed by atoms with Gasteiger partial charge in [-0.1, -0.05) is 23.4 Å². The standard InChI is InChI=1S/C16H17ClO/c1-2-18-16-11-7-14(8-12-16)4-3-13-5-9-15(17)10-6-13/h5,7,9,11H,2,6,8,10,12H2,1H3. The maximum atomic E-state index is 5.91. The largest absolute Gasteiger partial charge is 0.498 e. The third-order valence-electron chi connectivity index (χ3n) is 2.92. The van der Waals surface area contributed by atoms with Gasteiger partial charge >= 0.3 is 0 Å². The quantitative estimate of drug-likeness (QED) is 0.666. The first-order chi connectivity index (χ1) is 8.78. The van der Waals surface area contributed by atoms with E-state index in [1.54, 1.807) is 0 Å². The highest BCUT2D eigenvalue weighted by atomic mass is 35.5. The minimum absolute atomic E-state index is 0.737. The van der Waals surface area contributed by atoms with Crippen molar-refractivity contribution in [1.82, 2.24) is 0 Å². The summed E-state index contributed by atoms with van der Waals surface area (Å²) in [6.07, 6.45) is 11.9. The Hall–Kier alpha value is -1.39. The maximum absolute atomic E-state index is 5.91. The van der Waals surface area contributed by atoms with E-state index in [2.05, 4.69) is 17.9 Å². The molecule has 0 aromatic carbocycles. The smallest absolute Gasteiger partial charge is 0.0963 e. The molecular formula is C16H17ClO. The predicted molar refractivity (Wildman–Crippen MR) is 76.1 cm³/mol. The number of rotatable bonds is 2. The Kier molecular flexibility index (Phi) is 4.73. The number of halogens is 1. The van der Waals surface area contributed by atoms with Gasteiger partial charge < -0.3 is 4.74 Å². The summed E-state index contributed by atoms with van der Waals surface area (Å²) in [7, 11) is 0. The molecule has 2 rings (SSSR count). The van der Waals surface area contributed by atoms with Crippen molar-refractivity contribution in [3.63, 3.8) is 0 Å². The average molecular weight is 261 g/mol. The van der Waals surface area contributed by atoms with Gasteiger partial charge in [-0.25, -0.2) is 0 Å². The predicted octanol–water partition coefficient (Wildman–Crippen LogP) is 4.47. The van der Waals surface area contributed by atoms with Crippen LogP contribution >= 0.6 is 11.6 Å². The van der Waals surface area contributed by atoms with E-state index in [0.717, 1.165) is 43.1 Å². The summed E-state index contributed by atoms with van der Waals surface area (Å²) in [4.78, 5) is 0. The van der Waals surface area contributed by atoms with E-state index in [0.29, 0.717) is 0 Å². The van der Waals surface area contributed by atoms with Gasteiger partial charge in [-0.3, -0.25) is 0 Å². The van der Waals surface area contributed by atoms with Gasteiger partial charge in [0.05, 0.1) is 12.4 Å². The third-order valence-corrected chi connectivity index (χ3v) is 3.24. The highest BCUT2D eigenvalue weighted by Crippen LogP contribution is 2.21. The van der Waals surface area contributed by atoms with Crippen LogP contribution in [-0.2, 0) is 4.74 Å². The van der Waals surface area contributed by atoms with Crippen molar-refractivity contribution in [2.45, 2.75) is 32.6 Å². The normalized spacial score (nSPS) is 18.8. The molecule has 2 aliphatic carbocycles. The molecule has 0 N–H and O–H groups in total. The van der Waals surface area contributed by atoms with Crippen LogP contribution < -0.4 is 0 Å². The molecule has 0 atom stereocenters. The molecule has 0 unspecified atom stereocenters. The van der Waals surface area contributed by atoms with E-state index in [9.17, 15) is 0 Å². The van der Waals surface area contributed by atoms with Crippen molar-refractivity contribution < 1.29 is 4.74 Å². The fourth-order valence-corrected chi connectivity index (χ4v) is 2.06. The summed E-state index contributed by atoms with van der Waals surface area (Å²) in [5.41, 5.74) is 2.35. The molecule has 2 heteroatoms. The molecule has 0 bridgehead atoms. The van der Waals surface area contributed by atoms with E-state index in [4.69, 9.17) is 16.3 Å². The molecule has 0 amide bonds. The summed E-state index contributed by atoms with van der Waals surface area (Å²) >= 11 is 5.91. The van der Waals surface area contributed by atoms with Crippen molar-refractivity contribution in [3.05, 3.63) is 46.2 Å². The Balaban J connectivity index is 1.99. The highest BCUT2D eigenvalue weighted by Gasteiger charge is 2.05. The maximum Gasteiger partial charge on any atom is 0.0963 e. The van der Waals surface area contributed by atoms with Crippen LogP contribution in [0.2, 0.25) is 0 Å². The molecular weight excluding hydrogens is 244 g/mol. The minimum Gasteiger partial charge on any atom is -0.498 e. The Labute approximate surface area is 114 Å². The van der Waals surface area contributed by atoms with E-state index >= 15 is 0 Å². The third kappa shape index (κ3) is 3.82. The lowest BCUT2D eigenvalue weighted by atomic mass is 10.0. The second kappa shape index (κ2) is 6.52. The van der Waals surface area contributed by atoms with Crippen molar-refractivity contribution in [2.75, 3.05) is 6.61 Å². The first kappa shape index (κ1) is 13.1. The van der Waals surface area contributed by atoms with Crippen LogP contribution in [0.15, 0.2) is 46.2 Å². The minimum atomic E-state index is 0.737. The van der Waals surface area contributed by atoms with Gasteiger partial charge in [0.15, 0.2) is 0 Å². The molecule has 0 saturated heterocycles. The molecule has 0 radical (unpaired) electrons. The Bertz CT molecular complexity index is 495. The topological polar surface area (TPSA) is 9.23 Å². The van der Waals surface area contributed by atoms with Crippen LogP contribution in [0.25, 0.3) is 0 Å². The highest BCUT2D eigenvalue weighted by molar-refractivity contribution is 6.29. The summed E-state index contributed by atoms with van der Waals surface area (Å²) in [6, 6.07) is 0. The second-order valence-corrected chi connectivity index (χ2v) is 4.80. The average Bonchev–Trinajstić information content (AvgIpc) is 2.40. The number of hydrogen-bond donors (Lipinski definition) is 0. The van der Waals surface area contributed by atoms with Crippen LogP contribution in [0.5, 0.6) is 0 Å². The molecule has 18 heavy (non-hydrogen) atoms. The molecule has 0 spiro atoms. The number of allylic oxidation sites excluding steroid dienone is 8. The van der Waals surface area contributed by atoms with E-state index in [1.165, 1.54) is 11.1 Å². The monoisotopic (exact) mass is 260 g/mol. The first-order valence-electron chi connectivity index (χ1n) is 6.37. The zero-order valence-corrected chi connectivity index (χ0v) is 11.4. The van der Waals surface area contributed by atoms with Crippen molar-refractivity contribution in [3.8, 4) is 11.8 Å². The molecule has 0 aromatic rings. The molecule has 94 valence electrons. The lowest BCUT2D eigenvalue weighted by Crippen LogP contribution is -1.97. The van der Waals surface area contributed by atoms with Gasteiger partial charge in [0.25, 0.3) is 0 Å². The summed E-state index contributed by atoms with van der Waals surface area (Å²) in [5, 5.41) is 0.918. The Morgan fingerprint density at radius 2 is 1.67 bits per heavy atom. The van der Waals surface area contributed by atoms with Gasteiger partial charge in [0.1, 0.15) is 0 Å². The molecule has 0 saturated carbocycles. The van der Waals surface area contributed by atoms with E-state index in [-0.39, 0.29) is 0 Å². The fourth-order valence-electron chi connectivity index (χ4n) is 1.90. The number of hydrogen-bond acceptors (Lipinski definition) is 1. The molecule has 1 nitrogen and oxygen atoms in total. The SMILES string of the molecule is CCOC1=CC=C(C#CC2=CC=C(Cl)CC2)CC1. The van der Waals surface area contributed by atoms with Gasteiger partial charge in [-0.2, -0.15) is 0 Å². The fraction of sp³-hybridized carbons (Fsp3) is 0.375. The molecule has 0 heterocycles. The molecule has 0 aliphatic heterocycles. The van der Waals surface area contributed by atoms with Gasteiger partial charge in [-0.15, -0.1) is 0 Å². The van der Waals surface area contributed by atoms with Crippen molar-refractivity contribution in [1.29, 1.82) is 0 Å². The van der Waals surface area contributed by atoms with Gasteiger partial charge in [0.2, 0.25) is 0 Å². The van der Waals surface area contributed by atoms with E-state index in [1.807, 2.05) is 25.2 Å². The molecule has 2 aliphatic rings. The lowest BCUT2D eigenvalue weighted by Gasteiger charge is -2.11. The first-order valence-corrected chi connectivity index (χ1v) is 6.75. The van der Waals surface area contributed by atoms with E-state index < -0.39 is 0 Å². The Morgan fingerprint density at radius 3 is 2.17 bits per heavy atom. The van der Waals surface area contributed by atoms with Crippen molar-refractivity contribution in [2.24, 2.45) is 0 Å². The van der Waals surface area contributed by atoms with Crippen LogP contribution in [0.3, 0.4) is 0 Å². The molecule has 0 aromatic heterocycles. The molecule has 0 fully saturated rings. The lowest BCUT2D eigenvalue weighted by molar-refractivity contribution is 0.217. The summed E-state index contributed by atoms with van der Waals surface area (Å²) in [6.45, 7) is 2.74. The summed E-state index contributed by atoms with van der Waals surface area (Å²) < 4.78 is 5.47. The van der Waals surface area contributed by atoms with Crippen molar-refractivity contribution >= 4 is 11.6 Å². The van der Waals surface area contributed by atoms with Gasteiger partial charge in [-0.05, 0) is 50.5 Å². The van der Waals surface area contributed by atoms with Crippen LogP contribution in [0.1, 0.15) is 32.6 Å². The van der Waals surface area contributed by atoms with Crippen LogP contribution in [0, 0.1) is 11.8 Å². The summed E-state index contributed by atoms with van der Waals surface area (Å²) in [5.74, 6) is 7.53. The number of ether oxygens (including phenoxy) is 1. The second-order valence-electron chi connectivity index (χ2n) is 4.31.